The molecule has 120 valence electrons. The van der Waals surface area contributed by atoms with Crippen molar-refractivity contribution in [3.8, 4) is 5.75 Å². The number of nitrogens with zero attached hydrogens (tertiary/aromatic N) is 1. The van der Waals surface area contributed by atoms with E-state index < -0.39 is 5.79 Å². The predicted molar refractivity (Wildman–Crippen MR) is 86.9 cm³/mol. The van der Waals surface area contributed by atoms with E-state index in [-0.39, 0.29) is 6.23 Å². The molecule has 2 aliphatic rings. The Labute approximate surface area is 136 Å². The molecule has 0 saturated carbocycles. The van der Waals surface area contributed by atoms with Crippen molar-refractivity contribution < 1.29 is 18.7 Å². The maximum Gasteiger partial charge on any atom is 0.232 e. The van der Waals surface area contributed by atoms with Gasteiger partial charge in [0.25, 0.3) is 0 Å². The smallest absolute Gasteiger partial charge is 0.232 e. The quantitative estimate of drug-likeness (QED) is 0.758. The van der Waals surface area contributed by atoms with E-state index in [4.69, 9.17) is 14.2 Å². The standard InChI is InChI=1S/C19H22NO3/c1-20(2,3)18-13-22-19(23-18)15-9-5-4-8-14(15)12-21-17-11-7-6-10-16(17)19/h4-11,18H,12-13H2,1-3H3/q+1/t18-,19-/m0/s1. The number of benzene rings is 2. The second kappa shape index (κ2) is 5.06. The molecule has 0 bridgehead atoms. The molecule has 0 amide bonds. The summed E-state index contributed by atoms with van der Waals surface area (Å²) in [6, 6.07) is 16.2. The Balaban J connectivity index is 1.91. The van der Waals surface area contributed by atoms with Crippen molar-refractivity contribution in [1.82, 2.24) is 0 Å². The zero-order valence-electron chi connectivity index (χ0n) is 13.8. The number of ether oxygens (including phenoxy) is 3. The zero-order chi connectivity index (χ0) is 16.1. The van der Waals surface area contributed by atoms with Crippen LogP contribution in [0.25, 0.3) is 0 Å². The number of hydrogen-bond donors (Lipinski definition) is 0. The lowest BCUT2D eigenvalue weighted by Gasteiger charge is -2.33. The third kappa shape index (κ3) is 2.26. The maximum atomic E-state index is 6.56. The van der Waals surface area contributed by atoms with Crippen molar-refractivity contribution in [2.75, 3.05) is 27.7 Å². The van der Waals surface area contributed by atoms with Gasteiger partial charge in [0.2, 0.25) is 12.0 Å². The Morgan fingerprint density at radius 1 is 0.957 bits per heavy atom. The molecule has 1 fully saturated rings. The van der Waals surface area contributed by atoms with Crippen LogP contribution >= 0.6 is 0 Å². The van der Waals surface area contributed by atoms with Crippen molar-refractivity contribution in [3.63, 3.8) is 0 Å². The lowest BCUT2D eigenvalue weighted by molar-refractivity contribution is -0.917. The van der Waals surface area contributed by atoms with Gasteiger partial charge in [0.05, 0.1) is 26.7 Å². The fourth-order valence-electron chi connectivity index (χ4n) is 3.24. The molecule has 2 aromatic carbocycles. The first-order valence-electron chi connectivity index (χ1n) is 7.94. The lowest BCUT2D eigenvalue weighted by Crippen LogP contribution is -2.47. The van der Waals surface area contributed by atoms with Crippen LogP contribution in [0.3, 0.4) is 0 Å². The minimum Gasteiger partial charge on any atom is -0.488 e. The highest BCUT2D eigenvalue weighted by molar-refractivity contribution is 5.48. The third-order valence-electron chi connectivity index (χ3n) is 4.59. The summed E-state index contributed by atoms with van der Waals surface area (Å²) >= 11 is 0. The van der Waals surface area contributed by atoms with Gasteiger partial charge in [-0.15, -0.1) is 0 Å². The van der Waals surface area contributed by atoms with Gasteiger partial charge in [0.15, 0.2) is 0 Å². The normalized spacial score (nSPS) is 26.3. The molecule has 4 nitrogen and oxygen atoms in total. The third-order valence-corrected chi connectivity index (χ3v) is 4.59. The topological polar surface area (TPSA) is 27.7 Å². The Morgan fingerprint density at radius 2 is 1.65 bits per heavy atom. The highest BCUT2D eigenvalue weighted by atomic mass is 16.8. The van der Waals surface area contributed by atoms with Crippen LogP contribution in [0.4, 0.5) is 0 Å². The van der Waals surface area contributed by atoms with Crippen LogP contribution in [0, 0.1) is 0 Å². The Morgan fingerprint density at radius 3 is 2.39 bits per heavy atom. The zero-order valence-corrected chi connectivity index (χ0v) is 13.8. The summed E-state index contributed by atoms with van der Waals surface area (Å²) in [5, 5.41) is 0. The van der Waals surface area contributed by atoms with Crippen LogP contribution in [0.5, 0.6) is 5.75 Å². The number of para-hydroxylation sites is 1. The summed E-state index contributed by atoms with van der Waals surface area (Å²) < 4.78 is 19.6. The number of quaternary nitrogens is 1. The van der Waals surface area contributed by atoms with Crippen molar-refractivity contribution in [2.24, 2.45) is 0 Å². The molecule has 2 atom stereocenters. The summed E-state index contributed by atoms with van der Waals surface area (Å²) in [7, 11) is 6.37. The van der Waals surface area contributed by atoms with Crippen molar-refractivity contribution in [2.45, 2.75) is 18.6 Å². The van der Waals surface area contributed by atoms with E-state index in [0.29, 0.717) is 17.7 Å². The van der Waals surface area contributed by atoms with E-state index in [1.165, 1.54) is 0 Å². The monoisotopic (exact) mass is 312 g/mol. The Kier molecular flexibility index (Phi) is 3.23. The van der Waals surface area contributed by atoms with Crippen molar-refractivity contribution >= 4 is 0 Å². The van der Waals surface area contributed by atoms with E-state index in [2.05, 4.69) is 33.3 Å². The Hall–Kier alpha value is -1.88. The molecule has 4 heteroatoms. The van der Waals surface area contributed by atoms with E-state index >= 15 is 0 Å². The molecule has 0 aliphatic carbocycles. The molecule has 2 heterocycles. The number of hydrogen-bond acceptors (Lipinski definition) is 3. The van der Waals surface area contributed by atoms with E-state index in [0.717, 1.165) is 22.4 Å². The molecule has 0 N–H and O–H groups in total. The second-order valence-corrected chi connectivity index (χ2v) is 7.06. The van der Waals surface area contributed by atoms with Crippen LogP contribution in [-0.2, 0) is 21.9 Å². The van der Waals surface area contributed by atoms with E-state index in [9.17, 15) is 0 Å². The lowest BCUT2D eigenvalue weighted by atomic mass is 9.93. The molecular weight excluding hydrogens is 290 g/mol. The van der Waals surface area contributed by atoms with Gasteiger partial charge in [-0.25, -0.2) is 0 Å². The first-order chi connectivity index (χ1) is 11.0. The molecule has 0 aromatic heterocycles. The molecule has 1 spiro atoms. The molecular formula is C19H22NO3+. The Bertz CT molecular complexity index is 688. The minimum atomic E-state index is -0.889. The van der Waals surface area contributed by atoms with Gasteiger partial charge in [-0.05, 0) is 17.7 Å². The van der Waals surface area contributed by atoms with Crippen molar-refractivity contribution in [1.29, 1.82) is 0 Å². The molecule has 2 aliphatic heterocycles. The predicted octanol–water partition coefficient (Wildman–Crippen LogP) is 2.86. The van der Waals surface area contributed by atoms with Gasteiger partial charge in [-0.1, -0.05) is 36.4 Å². The SMILES string of the molecule is C[N+](C)(C)[C@@H]1CO[C@]2(O1)c1ccccc1COc1ccccc12. The second-order valence-electron chi connectivity index (χ2n) is 7.06. The summed E-state index contributed by atoms with van der Waals surface area (Å²) in [4.78, 5) is 0. The van der Waals surface area contributed by atoms with Gasteiger partial charge in [0, 0.05) is 5.56 Å². The van der Waals surface area contributed by atoms with E-state index in [1.54, 1.807) is 0 Å². The van der Waals surface area contributed by atoms with Gasteiger partial charge < -0.3 is 14.0 Å². The summed E-state index contributed by atoms with van der Waals surface area (Å²) in [5.41, 5.74) is 3.09. The first-order valence-corrected chi connectivity index (χ1v) is 7.94. The van der Waals surface area contributed by atoms with E-state index in [1.807, 2.05) is 36.4 Å². The molecule has 2 aromatic rings. The average molecular weight is 312 g/mol. The largest absolute Gasteiger partial charge is 0.488 e. The summed E-state index contributed by atoms with van der Waals surface area (Å²) in [6.07, 6.45) is -0.0331. The minimum absolute atomic E-state index is 0.0331. The van der Waals surface area contributed by atoms with Crippen LogP contribution in [0.15, 0.2) is 48.5 Å². The van der Waals surface area contributed by atoms with Crippen molar-refractivity contribution in [3.05, 3.63) is 65.2 Å². The van der Waals surface area contributed by atoms with Crippen LogP contribution in [-0.4, -0.2) is 38.5 Å². The molecule has 0 radical (unpaired) electrons. The fourth-order valence-corrected chi connectivity index (χ4v) is 3.24. The van der Waals surface area contributed by atoms with Crippen LogP contribution < -0.4 is 4.74 Å². The fraction of sp³-hybridized carbons (Fsp3) is 0.368. The van der Waals surface area contributed by atoms with Gasteiger partial charge in [-0.3, -0.25) is 4.74 Å². The summed E-state index contributed by atoms with van der Waals surface area (Å²) in [5.74, 6) is -0.0642. The molecule has 4 rings (SSSR count). The first kappa shape index (κ1) is 14.7. The average Bonchev–Trinajstić information content (AvgIpc) is 2.94. The molecule has 23 heavy (non-hydrogen) atoms. The summed E-state index contributed by atoms with van der Waals surface area (Å²) in [6.45, 7) is 1.07. The van der Waals surface area contributed by atoms with Crippen LogP contribution in [0.2, 0.25) is 0 Å². The molecule has 1 saturated heterocycles. The maximum absolute atomic E-state index is 6.56. The van der Waals surface area contributed by atoms with Crippen LogP contribution in [0.1, 0.15) is 16.7 Å². The van der Waals surface area contributed by atoms with Gasteiger partial charge in [-0.2, -0.15) is 0 Å². The molecule has 0 unspecified atom stereocenters. The van der Waals surface area contributed by atoms with Gasteiger partial charge >= 0.3 is 0 Å². The highest BCUT2D eigenvalue weighted by Gasteiger charge is 2.52. The number of fused-ring (bicyclic) bond motifs is 4. The highest BCUT2D eigenvalue weighted by Crippen LogP contribution is 2.48. The number of rotatable bonds is 1. The number of likely N-dealkylation sites (N-methyl/N-ethyl adjacent to an activating group) is 1. The van der Waals surface area contributed by atoms with Gasteiger partial charge in [0.1, 0.15) is 19.0 Å².